The Kier molecular flexibility index (Phi) is 3.21. The molecule has 1 saturated heterocycles. The van der Waals surface area contributed by atoms with Crippen molar-refractivity contribution in [2.45, 2.75) is 6.04 Å². The summed E-state index contributed by atoms with van der Waals surface area (Å²) in [6, 6.07) is 1.34. The number of nitrogens with zero attached hydrogens (tertiary/aromatic N) is 1. The van der Waals surface area contributed by atoms with Crippen molar-refractivity contribution in [3.05, 3.63) is 33.6 Å². The van der Waals surface area contributed by atoms with Crippen molar-refractivity contribution >= 4 is 5.69 Å². The molecule has 0 spiro atoms. The van der Waals surface area contributed by atoms with Gasteiger partial charge in [0.1, 0.15) is 5.82 Å². The summed E-state index contributed by atoms with van der Waals surface area (Å²) in [6.45, 7) is 1.32. The largest absolute Gasteiger partial charge is 0.502 e. The van der Waals surface area contributed by atoms with Gasteiger partial charge in [0.05, 0.1) is 30.2 Å². The predicted molar refractivity (Wildman–Crippen MR) is 56.3 cm³/mol. The molecular formula is C10H11FN2O4. The second-order valence-corrected chi connectivity index (χ2v) is 3.70. The summed E-state index contributed by atoms with van der Waals surface area (Å²) in [5.74, 6) is -1.27. The molecular weight excluding hydrogens is 231 g/mol. The van der Waals surface area contributed by atoms with Crippen LogP contribution in [0.2, 0.25) is 0 Å². The number of nitrogens with one attached hydrogen (secondary N) is 1. The first-order chi connectivity index (χ1) is 8.09. The Morgan fingerprint density at radius 1 is 1.59 bits per heavy atom. The van der Waals surface area contributed by atoms with Gasteiger partial charge in [-0.15, -0.1) is 0 Å². The van der Waals surface area contributed by atoms with Gasteiger partial charge in [0.2, 0.25) is 0 Å². The molecule has 7 heteroatoms. The minimum atomic E-state index is -0.814. The molecule has 1 heterocycles. The van der Waals surface area contributed by atoms with E-state index >= 15 is 0 Å². The second-order valence-electron chi connectivity index (χ2n) is 3.70. The molecule has 0 amide bonds. The number of hydrogen-bond donors (Lipinski definition) is 2. The van der Waals surface area contributed by atoms with Crippen molar-refractivity contribution < 1.29 is 19.2 Å². The molecule has 1 aliphatic rings. The average Bonchev–Trinajstić information content (AvgIpc) is 2.32. The highest BCUT2D eigenvalue weighted by Gasteiger charge is 2.25. The molecule has 1 atom stereocenters. The van der Waals surface area contributed by atoms with E-state index in [0.29, 0.717) is 19.2 Å². The molecule has 6 nitrogen and oxygen atoms in total. The van der Waals surface area contributed by atoms with E-state index in [1.54, 1.807) is 0 Å². The maximum absolute atomic E-state index is 13.2. The highest BCUT2D eigenvalue weighted by Crippen LogP contribution is 2.35. The van der Waals surface area contributed by atoms with Crippen LogP contribution in [-0.2, 0) is 4.74 Å². The highest BCUT2D eigenvalue weighted by molar-refractivity contribution is 5.52. The summed E-state index contributed by atoms with van der Waals surface area (Å²) in [5, 5.41) is 23.4. The summed E-state index contributed by atoms with van der Waals surface area (Å²) < 4.78 is 18.4. The Hall–Kier alpha value is -1.73. The number of ether oxygens (including phenoxy) is 1. The lowest BCUT2D eigenvalue weighted by atomic mass is 10.0. The number of nitro groups is 1. The van der Waals surface area contributed by atoms with Gasteiger partial charge in [-0.3, -0.25) is 10.1 Å². The number of halogens is 1. The molecule has 92 valence electrons. The number of benzene rings is 1. The molecule has 2 N–H and O–H groups in total. The smallest absolute Gasteiger partial charge is 0.313 e. The van der Waals surface area contributed by atoms with Gasteiger partial charge in [-0.1, -0.05) is 0 Å². The Labute approximate surface area is 96.2 Å². The van der Waals surface area contributed by atoms with Gasteiger partial charge >= 0.3 is 5.69 Å². The van der Waals surface area contributed by atoms with Gasteiger partial charge in [0, 0.05) is 12.1 Å². The Bertz CT molecular complexity index is 446. The lowest BCUT2D eigenvalue weighted by Gasteiger charge is -2.24. The topological polar surface area (TPSA) is 84.6 Å². The predicted octanol–water partition coefficient (Wildman–Crippen LogP) is 1.10. The number of phenols is 1. The molecule has 0 saturated carbocycles. The van der Waals surface area contributed by atoms with Gasteiger partial charge in [-0.25, -0.2) is 4.39 Å². The summed E-state index contributed by atoms with van der Waals surface area (Å²) in [5.41, 5.74) is -0.483. The average molecular weight is 242 g/mol. The van der Waals surface area contributed by atoms with Gasteiger partial charge in [0.15, 0.2) is 5.75 Å². The zero-order chi connectivity index (χ0) is 12.4. The zero-order valence-electron chi connectivity index (χ0n) is 8.85. The molecule has 1 aromatic carbocycles. The summed E-state index contributed by atoms with van der Waals surface area (Å²) in [6.07, 6.45) is 0. The number of nitro benzene ring substituents is 1. The van der Waals surface area contributed by atoms with Crippen molar-refractivity contribution in [3.63, 3.8) is 0 Å². The van der Waals surface area contributed by atoms with Crippen molar-refractivity contribution in [2.75, 3.05) is 19.8 Å². The van der Waals surface area contributed by atoms with Crippen molar-refractivity contribution in [2.24, 2.45) is 0 Å². The first-order valence-corrected chi connectivity index (χ1v) is 5.07. The van der Waals surface area contributed by atoms with Crippen LogP contribution < -0.4 is 5.32 Å². The first kappa shape index (κ1) is 11.7. The number of phenolic OH excluding ortho intramolecular Hbond substituents is 1. The summed E-state index contributed by atoms with van der Waals surface area (Å²) >= 11 is 0. The van der Waals surface area contributed by atoms with Gasteiger partial charge < -0.3 is 15.2 Å². The lowest BCUT2D eigenvalue weighted by molar-refractivity contribution is -0.386. The monoisotopic (exact) mass is 242 g/mol. The van der Waals surface area contributed by atoms with Crippen LogP contribution in [0, 0.1) is 15.9 Å². The van der Waals surface area contributed by atoms with Crippen LogP contribution in [0.15, 0.2) is 12.1 Å². The molecule has 0 aliphatic carbocycles. The number of hydrogen-bond acceptors (Lipinski definition) is 5. The van der Waals surface area contributed by atoms with E-state index in [-0.39, 0.29) is 12.2 Å². The number of aromatic hydroxyl groups is 1. The molecule has 1 aromatic rings. The zero-order valence-corrected chi connectivity index (χ0v) is 8.85. The van der Waals surface area contributed by atoms with E-state index in [4.69, 9.17) is 4.74 Å². The molecule has 0 aromatic heterocycles. The summed E-state index contributed by atoms with van der Waals surface area (Å²) in [4.78, 5) is 9.82. The molecule has 0 radical (unpaired) electrons. The Morgan fingerprint density at radius 3 is 2.94 bits per heavy atom. The fourth-order valence-electron chi connectivity index (χ4n) is 1.78. The van der Waals surface area contributed by atoms with Crippen LogP contribution in [0.25, 0.3) is 0 Å². The molecule has 17 heavy (non-hydrogen) atoms. The van der Waals surface area contributed by atoms with E-state index in [1.807, 2.05) is 0 Å². The molecule has 1 fully saturated rings. The van der Waals surface area contributed by atoms with Gasteiger partial charge in [-0.05, 0) is 6.07 Å². The SMILES string of the molecule is O=[N+]([O-])c1cc(F)cc([C@@H]2COCCN2)c1O. The van der Waals surface area contributed by atoms with Crippen LogP contribution in [0.5, 0.6) is 5.75 Å². The quantitative estimate of drug-likeness (QED) is 0.599. The first-order valence-electron chi connectivity index (χ1n) is 5.07. The van der Waals surface area contributed by atoms with Crippen LogP contribution in [0.4, 0.5) is 10.1 Å². The minimum Gasteiger partial charge on any atom is -0.502 e. The maximum Gasteiger partial charge on any atom is 0.313 e. The van der Waals surface area contributed by atoms with Crippen molar-refractivity contribution in [1.82, 2.24) is 5.32 Å². The number of morpholine rings is 1. The lowest BCUT2D eigenvalue weighted by Crippen LogP contribution is -2.34. The van der Waals surface area contributed by atoms with Crippen LogP contribution in [0.1, 0.15) is 11.6 Å². The third-order valence-corrected chi connectivity index (χ3v) is 2.58. The highest BCUT2D eigenvalue weighted by atomic mass is 19.1. The number of rotatable bonds is 2. The van der Waals surface area contributed by atoms with E-state index in [2.05, 4.69) is 5.32 Å². The van der Waals surface area contributed by atoms with Gasteiger partial charge in [-0.2, -0.15) is 0 Å². The molecule has 2 rings (SSSR count). The molecule has 1 aliphatic heterocycles. The third kappa shape index (κ3) is 2.34. The second kappa shape index (κ2) is 4.64. The standard InChI is InChI=1S/C10H11FN2O4/c11-6-3-7(8-5-17-2-1-12-8)10(14)9(4-6)13(15)16/h3-4,8,12,14H,1-2,5H2/t8-/m0/s1. The van der Waals surface area contributed by atoms with E-state index in [0.717, 1.165) is 6.07 Å². The Balaban J connectivity index is 2.41. The fraction of sp³-hybridized carbons (Fsp3) is 0.400. The third-order valence-electron chi connectivity index (χ3n) is 2.58. The Morgan fingerprint density at radius 2 is 2.35 bits per heavy atom. The fourth-order valence-corrected chi connectivity index (χ4v) is 1.78. The minimum absolute atomic E-state index is 0.149. The van der Waals surface area contributed by atoms with Crippen molar-refractivity contribution in [3.8, 4) is 5.75 Å². The van der Waals surface area contributed by atoms with Crippen LogP contribution in [0.3, 0.4) is 0 Å². The van der Waals surface area contributed by atoms with Gasteiger partial charge in [0.25, 0.3) is 0 Å². The van der Waals surface area contributed by atoms with Crippen molar-refractivity contribution in [1.29, 1.82) is 0 Å². The van der Waals surface area contributed by atoms with E-state index in [9.17, 15) is 19.6 Å². The van der Waals surface area contributed by atoms with E-state index in [1.165, 1.54) is 0 Å². The van der Waals surface area contributed by atoms with Crippen LogP contribution in [-0.4, -0.2) is 29.8 Å². The molecule has 0 unspecified atom stereocenters. The molecule has 0 bridgehead atoms. The summed E-state index contributed by atoms with van der Waals surface area (Å²) in [7, 11) is 0. The normalized spacial score (nSPS) is 20.2. The maximum atomic E-state index is 13.2. The van der Waals surface area contributed by atoms with Crippen LogP contribution >= 0.6 is 0 Å². The van der Waals surface area contributed by atoms with E-state index < -0.39 is 28.2 Å².